The lowest BCUT2D eigenvalue weighted by Gasteiger charge is -2.35. The Kier molecular flexibility index (Phi) is 3.72. The summed E-state index contributed by atoms with van der Waals surface area (Å²) in [4.78, 5) is 14.5. The maximum absolute atomic E-state index is 12.8. The van der Waals surface area contributed by atoms with Gasteiger partial charge >= 0.3 is 0 Å². The third kappa shape index (κ3) is 2.44. The van der Waals surface area contributed by atoms with E-state index in [1.807, 2.05) is 49.1 Å². The quantitative estimate of drug-likeness (QED) is 0.922. The number of hydrogen-bond donors (Lipinski definition) is 1. The molecule has 1 aromatic heterocycles. The van der Waals surface area contributed by atoms with Crippen LogP contribution in [0, 0.1) is 0 Å². The minimum atomic E-state index is -0.400. The Morgan fingerprint density at radius 2 is 2.00 bits per heavy atom. The summed E-state index contributed by atoms with van der Waals surface area (Å²) < 4.78 is 1.98. The van der Waals surface area contributed by atoms with Gasteiger partial charge in [0.2, 0.25) is 0 Å². The molecule has 2 aromatic rings. The van der Waals surface area contributed by atoms with Gasteiger partial charge in [0.15, 0.2) is 0 Å². The van der Waals surface area contributed by atoms with Gasteiger partial charge in [-0.25, -0.2) is 0 Å². The van der Waals surface area contributed by atoms with Gasteiger partial charge in [-0.3, -0.25) is 4.79 Å². The number of carbonyl (C=O) groups is 1. The molecule has 4 heteroatoms. The standard InChI is InChI=1S/C17H22N2O2/c1-18-11-13(12-7-3-4-8-14(12)18)17(21)19(2)15-9-5-6-10-16(15)20/h3-4,7-8,11,15-16,20H,5-6,9-10H2,1-2H3. The highest BCUT2D eigenvalue weighted by molar-refractivity contribution is 6.07. The van der Waals surface area contributed by atoms with E-state index in [1.54, 1.807) is 4.90 Å². The normalized spacial score (nSPS) is 22.4. The second kappa shape index (κ2) is 5.53. The second-order valence-electron chi connectivity index (χ2n) is 6.01. The fraction of sp³-hybridized carbons (Fsp3) is 0.471. The van der Waals surface area contributed by atoms with Crippen molar-refractivity contribution >= 4 is 16.8 Å². The van der Waals surface area contributed by atoms with Crippen LogP contribution in [-0.4, -0.2) is 39.7 Å². The summed E-state index contributed by atoms with van der Waals surface area (Å²) in [5.41, 5.74) is 1.77. The number of para-hydroxylation sites is 1. The smallest absolute Gasteiger partial charge is 0.256 e. The maximum atomic E-state index is 12.8. The van der Waals surface area contributed by atoms with Gasteiger partial charge in [-0.15, -0.1) is 0 Å². The summed E-state index contributed by atoms with van der Waals surface area (Å²) >= 11 is 0. The minimum absolute atomic E-state index is 0.00208. The van der Waals surface area contributed by atoms with E-state index in [0.717, 1.165) is 36.6 Å². The van der Waals surface area contributed by atoms with Gasteiger partial charge < -0.3 is 14.6 Å². The van der Waals surface area contributed by atoms with Gasteiger partial charge in [0.1, 0.15) is 0 Å². The monoisotopic (exact) mass is 286 g/mol. The average molecular weight is 286 g/mol. The minimum Gasteiger partial charge on any atom is -0.391 e. The third-order valence-corrected chi connectivity index (χ3v) is 4.64. The van der Waals surface area contributed by atoms with Crippen LogP contribution in [0.1, 0.15) is 36.0 Å². The summed E-state index contributed by atoms with van der Waals surface area (Å²) in [5.74, 6) is -0.00208. The van der Waals surface area contributed by atoms with Crippen molar-refractivity contribution in [3.8, 4) is 0 Å². The Balaban J connectivity index is 1.93. The molecule has 1 fully saturated rings. The Morgan fingerprint density at radius 1 is 1.29 bits per heavy atom. The molecule has 1 N–H and O–H groups in total. The van der Waals surface area contributed by atoms with Gasteiger partial charge in [0.05, 0.1) is 17.7 Å². The average Bonchev–Trinajstić information content (AvgIpc) is 2.84. The van der Waals surface area contributed by atoms with Gasteiger partial charge in [0, 0.05) is 31.2 Å². The fourth-order valence-corrected chi connectivity index (χ4v) is 3.40. The van der Waals surface area contributed by atoms with Crippen molar-refractivity contribution in [2.45, 2.75) is 37.8 Å². The Morgan fingerprint density at radius 3 is 2.76 bits per heavy atom. The summed E-state index contributed by atoms with van der Waals surface area (Å²) in [6.07, 6.45) is 5.29. The van der Waals surface area contributed by atoms with E-state index in [1.165, 1.54) is 0 Å². The number of aromatic nitrogens is 1. The molecule has 1 aliphatic rings. The molecule has 1 amide bonds. The zero-order valence-corrected chi connectivity index (χ0v) is 12.6. The molecule has 0 spiro atoms. The number of aryl methyl sites for hydroxylation is 1. The van der Waals surface area contributed by atoms with Gasteiger partial charge in [-0.1, -0.05) is 31.0 Å². The van der Waals surface area contributed by atoms with Crippen LogP contribution in [0.15, 0.2) is 30.5 Å². The first-order chi connectivity index (χ1) is 10.1. The molecule has 21 heavy (non-hydrogen) atoms. The molecule has 0 bridgehead atoms. The highest BCUT2D eigenvalue weighted by Gasteiger charge is 2.30. The van der Waals surface area contributed by atoms with Crippen LogP contribution < -0.4 is 0 Å². The van der Waals surface area contributed by atoms with E-state index in [2.05, 4.69) is 0 Å². The maximum Gasteiger partial charge on any atom is 0.256 e. The van der Waals surface area contributed by atoms with Crippen molar-refractivity contribution in [2.24, 2.45) is 7.05 Å². The number of aliphatic hydroxyl groups excluding tert-OH is 1. The van der Waals surface area contributed by atoms with Crippen molar-refractivity contribution in [1.29, 1.82) is 0 Å². The molecule has 1 aliphatic carbocycles. The van der Waals surface area contributed by atoms with Crippen molar-refractivity contribution in [2.75, 3.05) is 7.05 Å². The SMILES string of the molecule is CN(C(=O)c1cn(C)c2ccccc12)C1CCCCC1O. The number of fused-ring (bicyclic) bond motifs is 1. The van der Waals surface area contributed by atoms with Crippen molar-refractivity contribution in [1.82, 2.24) is 9.47 Å². The molecule has 1 aromatic carbocycles. The first-order valence-electron chi connectivity index (χ1n) is 7.59. The molecule has 1 saturated carbocycles. The zero-order chi connectivity index (χ0) is 15.0. The highest BCUT2D eigenvalue weighted by atomic mass is 16.3. The Hall–Kier alpha value is -1.81. The fourth-order valence-electron chi connectivity index (χ4n) is 3.40. The molecule has 0 aliphatic heterocycles. The summed E-state index contributed by atoms with van der Waals surface area (Å²) in [7, 11) is 3.76. The van der Waals surface area contributed by atoms with E-state index in [-0.39, 0.29) is 11.9 Å². The number of benzene rings is 1. The van der Waals surface area contributed by atoms with Crippen molar-refractivity contribution < 1.29 is 9.90 Å². The van der Waals surface area contributed by atoms with Crippen molar-refractivity contribution in [3.05, 3.63) is 36.0 Å². The topological polar surface area (TPSA) is 45.5 Å². The lowest BCUT2D eigenvalue weighted by molar-refractivity contribution is 0.0269. The molecule has 112 valence electrons. The molecular weight excluding hydrogens is 264 g/mol. The third-order valence-electron chi connectivity index (χ3n) is 4.64. The van der Waals surface area contributed by atoms with Gasteiger partial charge in [0.25, 0.3) is 5.91 Å². The first-order valence-corrected chi connectivity index (χ1v) is 7.59. The molecule has 1 heterocycles. The number of nitrogens with zero attached hydrogens (tertiary/aromatic N) is 2. The van der Waals surface area contributed by atoms with Crippen LogP contribution in [0.2, 0.25) is 0 Å². The zero-order valence-electron chi connectivity index (χ0n) is 12.6. The number of carbonyl (C=O) groups excluding carboxylic acids is 1. The predicted molar refractivity (Wildman–Crippen MR) is 83.3 cm³/mol. The van der Waals surface area contributed by atoms with Crippen LogP contribution in [0.5, 0.6) is 0 Å². The summed E-state index contributed by atoms with van der Waals surface area (Å²) in [6, 6.07) is 7.86. The summed E-state index contributed by atoms with van der Waals surface area (Å²) in [5, 5.41) is 11.1. The Labute approximate surface area is 125 Å². The largest absolute Gasteiger partial charge is 0.391 e. The first kappa shape index (κ1) is 14.1. The van der Waals surface area contributed by atoms with Gasteiger partial charge in [-0.2, -0.15) is 0 Å². The second-order valence-corrected chi connectivity index (χ2v) is 6.01. The van der Waals surface area contributed by atoms with Crippen molar-refractivity contribution in [3.63, 3.8) is 0 Å². The molecule has 4 nitrogen and oxygen atoms in total. The van der Waals surface area contributed by atoms with Crippen LogP contribution in [0.3, 0.4) is 0 Å². The summed E-state index contributed by atoms with van der Waals surface area (Å²) in [6.45, 7) is 0. The van der Waals surface area contributed by atoms with Crippen LogP contribution >= 0.6 is 0 Å². The molecule has 2 atom stereocenters. The van der Waals surface area contributed by atoms with Crippen LogP contribution in [0.25, 0.3) is 10.9 Å². The number of rotatable bonds is 2. The molecule has 2 unspecified atom stereocenters. The van der Waals surface area contributed by atoms with E-state index >= 15 is 0 Å². The molecular formula is C17H22N2O2. The van der Waals surface area contributed by atoms with Crippen LogP contribution in [-0.2, 0) is 7.05 Å². The lowest BCUT2D eigenvalue weighted by atomic mass is 9.91. The van der Waals surface area contributed by atoms with E-state index < -0.39 is 6.10 Å². The van der Waals surface area contributed by atoms with Crippen LogP contribution in [0.4, 0.5) is 0 Å². The predicted octanol–water partition coefficient (Wildman–Crippen LogP) is 2.55. The van der Waals surface area contributed by atoms with E-state index in [9.17, 15) is 9.90 Å². The molecule has 0 saturated heterocycles. The number of likely N-dealkylation sites (N-methyl/N-ethyl adjacent to an activating group) is 1. The molecule has 0 radical (unpaired) electrons. The number of aliphatic hydroxyl groups is 1. The highest BCUT2D eigenvalue weighted by Crippen LogP contribution is 2.26. The number of hydrogen-bond acceptors (Lipinski definition) is 2. The van der Waals surface area contributed by atoms with E-state index in [4.69, 9.17) is 0 Å². The van der Waals surface area contributed by atoms with E-state index in [0.29, 0.717) is 5.56 Å². The lowest BCUT2D eigenvalue weighted by Crippen LogP contribution is -2.46. The molecule has 3 rings (SSSR count). The number of amides is 1. The van der Waals surface area contributed by atoms with Gasteiger partial charge in [-0.05, 0) is 18.9 Å². The Bertz CT molecular complexity index is 662.